The van der Waals surface area contributed by atoms with Gasteiger partial charge in [-0.15, -0.1) is 0 Å². The summed E-state index contributed by atoms with van der Waals surface area (Å²) < 4.78 is 0. The molecular weight excluding hydrogens is 268 g/mol. The van der Waals surface area contributed by atoms with E-state index in [2.05, 4.69) is 5.32 Å². The maximum atomic E-state index is 11.0. The van der Waals surface area contributed by atoms with Gasteiger partial charge in [-0.25, -0.2) is 4.79 Å². The molecule has 1 aromatic carbocycles. The zero-order valence-corrected chi connectivity index (χ0v) is 11.2. The van der Waals surface area contributed by atoms with Crippen LogP contribution in [0, 0.1) is 17.0 Å². The van der Waals surface area contributed by atoms with Gasteiger partial charge in [0, 0.05) is 29.1 Å². The number of carboxylic acids is 1. The number of carbonyl (C=O) groups is 1. The van der Waals surface area contributed by atoms with Gasteiger partial charge in [0.15, 0.2) is 0 Å². The fraction of sp³-hybridized carbons (Fsp3) is 0.417. The molecule has 1 aliphatic heterocycles. The Bertz CT molecular complexity index is 527. The van der Waals surface area contributed by atoms with Crippen LogP contribution in [0.1, 0.15) is 22.3 Å². The van der Waals surface area contributed by atoms with Gasteiger partial charge in [0.25, 0.3) is 5.69 Å². The highest BCUT2D eigenvalue weighted by atomic mass is 32.2. The average Bonchev–Trinajstić information content (AvgIpc) is 2.83. The van der Waals surface area contributed by atoms with E-state index in [0.717, 1.165) is 24.0 Å². The molecule has 102 valence electrons. The van der Waals surface area contributed by atoms with Crippen LogP contribution >= 0.6 is 11.8 Å². The zero-order chi connectivity index (χ0) is 14.0. The van der Waals surface area contributed by atoms with Crippen molar-refractivity contribution >= 4 is 29.1 Å². The van der Waals surface area contributed by atoms with Crippen molar-refractivity contribution < 1.29 is 14.8 Å². The molecule has 0 aliphatic carbocycles. The Labute approximate surface area is 114 Å². The minimum atomic E-state index is -1.16. The van der Waals surface area contributed by atoms with Crippen LogP contribution in [0.2, 0.25) is 0 Å². The highest BCUT2D eigenvalue weighted by Crippen LogP contribution is 2.30. The summed E-state index contributed by atoms with van der Waals surface area (Å²) in [5.74, 6) is 0.828. The predicted molar refractivity (Wildman–Crippen MR) is 74.1 cm³/mol. The predicted octanol–water partition coefficient (Wildman–Crippen LogP) is 2.52. The number of rotatable bonds is 4. The van der Waals surface area contributed by atoms with Gasteiger partial charge in [-0.1, -0.05) is 0 Å². The molecule has 6 nitrogen and oxygen atoms in total. The maximum Gasteiger partial charge on any atom is 0.336 e. The Morgan fingerprint density at radius 3 is 2.84 bits per heavy atom. The number of nitro groups is 1. The summed E-state index contributed by atoms with van der Waals surface area (Å²) in [7, 11) is 0. The van der Waals surface area contributed by atoms with Crippen molar-refractivity contribution in [1.29, 1.82) is 0 Å². The highest BCUT2D eigenvalue weighted by molar-refractivity contribution is 7.99. The van der Waals surface area contributed by atoms with Crippen molar-refractivity contribution in [2.24, 2.45) is 0 Å². The summed E-state index contributed by atoms with van der Waals surface area (Å²) in [6, 6.07) is 2.81. The van der Waals surface area contributed by atoms with E-state index >= 15 is 0 Å². The summed E-state index contributed by atoms with van der Waals surface area (Å²) in [4.78, 5) is 21.4. The van der Waals surface area contributed by atoms with E-state index in [4.69, 9.17) is 5.11 Å². The summed E-state index contributed by atoms with van der Waals surface area (Å²) in [6.07, 6.45) is 0.981. The minimum absolute atomic E-state index is 0.0644. The lowest BCUT2D eigenvalue weighted by atomic mass is 10.1. The second-order valence-corrected chi connectivity index (χ2v) is 5.58. The van der Waals surface area contributed by atoms with Gasteiger partial charge in [0.1, 0.15) is 0 Å². The van der Waals surface area contributed by atoms with Crippen LogP contribution < -0.4 is 5.32 Å². The van der Waals surface area contributed by atoms with Gasteiger partial charge in [0.05, 0.1) is 10.5 Å². The van der Waals surface area contributed by atoms with E-state index in [1.54, 1.807) is 6.92 Å². The van der Waals surface area contributed by atoms with Gasteiger partial charge in [-0.2, -0.15) is 11.8 Å². The molecule has 7 heteroatoms. The first-order valence-corrected chi connectivity index (χ1v) is 7.01. The molecule has 1 unspecified atom stereocenters. The van der Waals surface area contributed by atoms with Crippen molar-refractivity contribution in [3.63, 3.8) is 0 Å². The standard InChI is InChI=1S/C12H14N2O4S/c1-7-10(13-9-2-3-19-6-9)4-8(12(15)16)5-11(7)14(17)18/h4-5,9,13H,2-3,6H2,1H3,(H,15,16). The van der Waals surface area contributed by atoms with Gasteiger partial charge in [-0.3, -0.25) is 10.1 Å². The molecule has 2 rings (SSSR count). The lowest BCUT2D eigenvalue weighted by Crippen LogP contribution is -2.19. The third-order valence-electron chi connectivity index (χ3n) is 3.11. The monoisotopic (exact) mass is 282 g/mol. The molecule has 0 aromatic heterocycles. The lowest BCUT2D eigenvalue weighted by Gasteiger charge is -2.15. The Hall–Kier alpha value is -1.76. The molecule has 1 aliphatic rings. The number of nitrogens with zero attached hydrogens (tertiary/aromatic N) is 1. The number of carboxylic acid groups (broad SMARTS) is 1. The fourth-order valence-electron chi connectivity index (χ4n) is 2.03. The Morgan fingerprint density at radius 2 is 2.32 bits per heavy atom. The van der Waals surface area contributed by atoms with E-state index in [1.807, 2.05) is 11.8 Å². The van der Waals surface area contributed by atoms with Crippen molar-refractivity contribution in [2.75, 3.05) is 16.8 Å². The van der Waals surface area contributed by atoms with Crippen LogP contribution in [-0.2, 0) is 0 Å². The number of thioether (sulfide) groups is 1. The number of anilines is 1. The van der Waals surface area contributed by atoms with E-state index in [0.29, 0.717) is 11.3 Å². The minimum Gasteiger partial charge on any atom is -0.478 e. The van der Waals surface area contributed by atoms with Gasteiger partial charge >= 0.3 is 5.97 Å². The number of benzene rings is 1. The summed E-state index contributed by atoms with van der Waals surface area (Å²) in [5.41, 5.74) is 0.796. The summed E-state index contributed by atoms with van der Waals surface area (Å²) in [6.45, 7) is 1.63. The summed E-state index contributed by atoms with van der Waals surface area (Å²) >= 11 is 1.82. The van der Waals surface area contributed by atoms with E-state index < -0.39 is 10.9 Å². The van der Waals surface area contributed by atoms with E-state index in [9.17, 15) is 14.9 Å². The largest absolute Gasteiger partial charge is 0.478 e. The van der Waals surface area contributed by atoms with Crippen molar-refractivity contribution in [3.05, 3.63) is 33.4 Å². The van der Waals surface area contributed by atoms with Crippen molar-refractivity contribution in [3.8, 4) is 0 Å². The van der Waals surface area contributed by atoms with Gasteiger partial charge in [0.2, 0.25) is 0 Å². The number of hydrogen-bond acceptors (Lipinski definition) is 5. The van der Waals surface area contributed by atoms with Crippen LogP contribution in [0.15, 0.2) is 12.1 Å². The summed E-state index contributed by atoms with van der Waals surface area (Å²) in [5, 5.41) is 23.2. The molecule has 2 N–H and O–H groups in total. The molecular formula is C12H14N2O4S. The second-order valence-electron chi connectivity index (χ2n) is 4.44. The molecule has 19 heavy (non-hydrogen) atoms. The normalized spacial score (nSPS) is 18.3. The first-order valence-electron chi connectivity index (χ1n) is 5.85. The molecule has 1 heterocycles. The first kappa shape index (κ1) is 13.7. The third kappa shape index (κ3) is 2.98. The zero-order valence-electron chi connectivity index (χ0n) is 10.4. The second kappa shape index (κ2) is 5.48. The topological polar surface area (TPSA) is 92.5 Å². The van der Waals surface area contributed by atoms with Crippen LogP contribution in [-0.4, -0.2) is 33.5 Å². The van der Waals surface area contributed by atoms with E-state index in [-0.39, 0.29) is 17.3 Å². The Morgan fingerprint density at radius 1 is 1.58 bits per heavy atom. The van der Waals surface area contributed by atoms with Crippen LogP contribution in [0.4, 0.5) is 11.4 Å². The smallest absolute Gasteiger partial charge is 0.336 e. The SMILES string of the molecule is Cc1c(NC2CCSC2)cc(C(=O)O)cc1[N+](=O)[O-]. The molecule has 0 saturated carbocycles. The van der Waals surface area contributed by atoms with Crippen LogP contribution in [0.5, 0.6) is 0 Å². The molecule has 0 bridgehead atoms. The van der Waals surface area contributed by atoms with Crippen LogP contribution in [0.25, 0.3) is 0 Å². The molecule has 1 saturated heterocycles. The van der Waals surface area contributed by atoms with Gasteiger partial charge in [-0.05, 0) is 25.2 Å². The maximum absolute atomic E-state index is 11.0. The molecule has 1 atom stereocenters. The number of aromatic carboxylic acids is 1. The average molecular weight is 282 g/mol. The Balaban J connectivity index is 2.39. The Kier molecular flexibility index (Phi) is 3.94. The number of nitro benzene ring substituents is 1. The first-order chi connectivity index (χ1) is 8.99. The highest BCUT2D eigenvalue weighted by Gasteiger charge is 2.22. The molecule has 0 spiro atoms. The third-order valence-corrected chi connectivity index (χ3v) is 4.28. The number of nitrogens with one attached hydrogen (secondary N) is 1. The molecule has 0 amide bonds. The van der Waals surface area contributed by atoms with Gasteiger partial charge < -0.3 is 10.4 Å². The van der Waals surface area contributed by atoms with Crippen molar-refractivity contribution in [1.82, 2.24) is 0 Å². The molecule has 0 radical (unpaired) electrons. The quantitative estimate of drug-likeness (QED) is 0.651. The van der Waals surface area contributed by atoms with Crippen LogP contribution in [0.3, 0.4) is 0 Å². The molecule has 1 aromatic rings. The molecule has 1 fully saturated rings. The lowest BCUT2D eigenvalue weighted by molar-refractivity contribution is -0.385. The number of hydrogen-bond donors (Lipinski definition) is 2. The fourth-order valence-corrected chi connectivity index (χ4v) is 3.18. The van der Waals surface area contributed by atoms with E-state index in [1.165, 1.54) is 6.07 Å². The van der Waals surface area contributed by atoms with Crippen molar-refractivity contribution in [2.45, 2.75) is 19.4 Å².